The maximum absolute atomic E-state index is 12.8. The molecule has 1 heterocycles. The Labute approximate surface area is 126 Å². The maximum atomic E-state index is 12.8. The Morgan fingerprint density at radius 2 is 2.05 bits per heavy atom. The fourth-order valence-electron chi connectivity index (χ4n) is 1.38. The van der Waals surface area contributed by atoms with Gasteiger partial charge < -0.3 is 5.11 Å². The van der Waals surface area contributed by atoms with Gasteiger partial charge >= 0.3 is 0 Å². The van der Waals surface area contributed by atoms with Gasteiger partial charge in [0.25, 0.3) is 15.7 Å². The van der Waals surface area contributed by atoms with Gasteiger partial charge in [0.05, 0.1) is 10.6 Å². The normalized spacial score (nSPS) is 11.3. The first-order chi connectivity index (χ1) is 9.70. The molecule has 2 rings (SSSR count). The number of hydrogen-bond acceptors (Lipinski definition) is 6. The van der Waals surface area contributed by atoms with E-state index < -0.39 is 36.4 Å². The van der Waals surface area contributed by atoms with E-state index in [1.807, 2.05) is 4.72 Å². The summed E-state index contributed by atoms with van der Waals surface area (Å²) in [4.78, 5) is 9.83. The highest BCUT2D eigenvalue weighted by molar-refractivity contribution is 7.94. The van der Waals surface area contributed by atoms with Crippen molar-refractivity contribution >= 4 is 44.3 Å². The van der Waals surface area contributed by atoms with E-state index in [1.54, 1.807) is 0 Å². The van der Waals surface area contributed by atoms with Crippen LogP contribution in [0.5, 0.6) is 5.75 Å². The number of anilines is 1. The molecule has 1 aromatic carbocycles. The lowest BCUT2D eigenvalue weighted by Crippen LogP contribution is -2.11. The van der Waals surface area contributed by atoms with Crippen LogP contribution in [0.4, 0.5) is 15.8 Å². The summed E-state index contributed by atoms with van der Waals surface area (Å²) >= 11 is 6.08. The summed E-state index contributed by atoms with van der Waals surface area (Å²) in [6.07, 6.45) is 0. The van der Waals surface area contributed by atoms with Crippen molar-refractivity contribution in [3.63, 3.8) is 0 Å². The number of benzene rings is 1. The third-order valence-corrected chi connectivity index (χ3v) is 5.49. The van der Waals surface area contributed by atoms with Crippen molar-refractivity contribution in [1.29, 1.82) is 0 Å². The van der Waals surface area contributed by atoms with Crippen molar-refractivity contribution < 1.29 is 22.8 Å². The molecule has 0 radical (unpaired) electrons. The number of thiophene rings is 1. The number of halogens is 2. The van der Waals surface area contributed by atoms with E-state index in [2.05, 4.69) is 0 Å². The first-order valence-corrected chi connectivity index (χ1v) is 7.83. The van der Waals surface area contributed by atoms with Gasteiger partial charge in [-0.3, -0.25) is 14.8 Å². The van der Waals surface area contributed by atoms with Crippen molar-refractivity contribution in [3.05, 3.63) is 44.5 Å². The smallest absolute Gasteiger partial charge is 0.300 e. The first-order valence-electron chi connectivity index (χ1n) is 5.16. The van der Waals surface area contributed by atoms with Crippen LogP contribution in [0, 0.1) is 15.9 Å². The van der Waals surface area contributed by atoms with Crippen molar-refractivity contribution in [2.45, 2.75) is 4.21 Å². The van der Waals surface area contributed by atoms with Gasteiger partial charge in [-0.15, -0.1) is 11.3 Å². The maximum Gasteiger partial charge on any atom is 0.300 e. The summed E-state index contributed by atoms with van der Waals surface area (Å²) in [5.41, 5.74) is -0.797. The summed E-state index contributed by atoms with van der Waals surface area (Å²) in [5.74, 6) is -1.36. The molecule has 21 heavy (non-hydrogen) atoms. The Kier molecular flexibility index (Phi) is 4.03. The minimum atomic E-state index is -4.19. The Morgan fingerprint density at radius 1 is 1.38 bits per heavy atom. The summed E-state index contributed by atoms with van der Waals surface area (Å²) < 4.78 is 38.2. The standard InChI is InChI=1S/C10H6ClFN2O5S2/c11-10-7(14(16)17)4-9(20-10)21(18,19)13-6-2-1-5(12)3-8(6)15/h1-4,13,15H. The molecule has 7 nitrogen and oxygen atoms in total. The highest BCUT2D eigenvalue weighted by Gasteiger charge is 2.26. The van der Waals surface area contributed by atoms with E-state index in [0.717, 1.165) is 24.3 Å². The highest BCUT2D eigenvalue weighted by Crippen LogP contribution is 2.37. The number of rotatable bonds is 4. The van der Waals surface area contributed by atoms with E-state index >= 15 is 0 Å². The van der Waals surface area contributed by atoms with Gasteiger partial charge in [0.2, 0.25) is 0 Å². The zero-order valence-corrected chi connectivity index (χ0v) is 12.3. The van der Waals surface area contributed by atoms with Gasteiger partial charge in [-0.05, 0) is 12.1 Å². The monoisotopic (exact) mass is 352 g/mol. The number of nitrogens with one attached hydrogen (secondary N) is 1. The van der Waals surface area contributed by atoms with Gasteiger partial charge in [-0.1, -0.05) is 11.6 Å². The van der Waals surface area contributed by atoms with Gasteiger partial charge in [0, 0.05) is 12.1 Å². The van der Waals surface area contributed by atoms with Crippen LogP contribution in [0.3, 0.4) is 0 Å². The second kappa shape index (κ2) is 5.47. The molecule has 112 valence electrons. The van der Waals surface area contributed by atoms with Crippen LogP contribution in [-0.4, -0.2) is 18.4 Å². The van der Waals surface area contributed by atoms with Crippen LogP contribution >= 0.6 is 22.9 Å². The highest BCUT2D eigenvalue weighted by atomic mass is 35.5. The van der Waals surface area contributed by atoms with Gasteiger partial charge in [0.15, 0.2) is 4.34 Å². The third kappa shape index (κ3) is 3.23. The van der Waals surface area contributed by atoms with Crippen molar-refractivity contribution in [3.8, 4) is 5.75 Å². The summed E-state index contributed by atoms with van der Waals surface area (Å²) in [7, 11) is -4.19. The van der Waals surface area contributed by atoms with Crippen LogP contribution < -0.4 is 4.72 Å². The van der Waals surface area contributed by atoms with E-state index in [1.165, 1.54) is 0 Å². The van der Waals surface area contributed by atoms with E-state index in [9.17, 15) is 28.0 Å². The largest absolute Gasteiger partial charge is 0.506 e. The zero-order chi connectivity index (χ0) is 15.8. The Hall–Kier alpha value is -1.91. The molecule has 0 unspecified atom stereocenters. The van der Waals surface area contributed by atoms with Crippen LogP contribution in [0.25, 0.3) is 0 Å². The van der Waals surface area contributed by atoms with Gasteiger partial charge in [0.1, 0.15) is 15.8 Å². The molecule has 1 aromatic heterocycles. The summed E-state index contributed by atoms with van der Waals surface area (Å²) in [5, 5.41) is 20.1. The first kappa shape index (κ1) is 15.5. The summed E-state index contributed by atoms with van der Waals surface area (Å²) in [6, 6.07) is 3.49. The minimum Gasteiger partial charge on any atom is -0.506 e. The average molecular weight is 353 g/mol. The van der Waals surface area contributed by atoms with E-state index in [4.69, 9.17) is 11.6 Å². The molecule has 0 amide bonds. The number of sulfonamides is 1. The number of nitro groups is 1. The third-order valence-electron chi connectivity index (χ3n) is 2.31. The van der Waals surface area contributed by atoms with Crippen LogP contribution in [-0.2, 0) is 10.0 Å². The van der Waals surface area contributed by atoms with Gasteiger partial charge in [-0.25, -0.2) is 12.8 Å². The number of phenols is 1. The lowest BCUT2D eigenvalue weighted by molar-refractivity contribution is -0.384. The molecule has 2 aromatic rings. The molecule has 0 aliphatic heterocycles. The molecule has 2 N–H and O–H groups in total. The van der Waals surface area contributed by atoms with E-state index in [-0.39, 0.29) is 10.0 Å². The number of aromatic hydroxyl groups is 1. The quantitative estimate of drug-likeness (QED) is 0.499. The Balaban J connectivity index is 2.38. The van der Waals surface area contributed by atoms with Crippen molar-refractivity contribution in [2.24, 2.45) is 0 Å². The summed E-state index contributed by atoms with van der Waals surface area (Å²) in [6.45, 7) is 0. The Morgan fingerprint density at radius 3 is 2.57 bits per heavy atom. The molecule has 0 fully saturated rings. The lowest BCUT2D eigenvalue weighted by Gasteiger charge is -2.07. The predicted molar refractivity (Wildman–Crippen MR) is 74.9 cm³/mol. The molecule has 0 aliphatic carbocycles. The molecule has 11 heteroatoms. The molecule has 0 aliphatic rings. The van der Waals surface area contributed by atoms with Gasteiger partial charge in [-0.2, -0.15) is 0 Å². The molecule has 0 saturated carbocycles. The SMILES string of the molecule is O=[N+]([O-])c1cc(S(=O)(=O)Nc2ccc(F)cc2O)sc1Cl. The predicted octanol–water partition coefficient (Wildman–Crippen LogP) is 2.96. The van der Waals surface area contributed by atoms with Crippen LogP contribution in [0.2, 0.25) is 4.34 Å². The molecule has 0 spiro atoms. The average Bonchev–Trinajstić information content (AvgIpc) is 2.76. The van der Waals surface area contributed by atoms with E-state index in [0.29, 0.717) is 11.3 Å². The van der Waals surface area contributed by atoms with Crippen LogP contribution in [0.15, 0.2) is 28.5 Å². The molecular weight excluding hydrogens is 347 g/mol. The minimum absolute atomic E-state index is 0.261. The number of phenolic OH excluding ortho intramolecular Hbond substituents is 1. The lowest BCUT2D eigenvalue weighted by atomic mass is 10.3. The Bertz CT molecular complexity index is 821. The van der Waals surface area contributed by atoms with Crippen molar-refractivity contribution in [1.82, 2.24) is 0 Å². The second-order valence-electron chi connectivity index (χ2n) is 3.75. The molecule has 0 saturated heterocycles. The molecular formula is C10H6ClFN2O5S2. The van der Waals surface area contributed by atoms with Crippen molar-refractivity contribution in [2.75, 3.05) is 4.72 Å². The van der Waals surface area contributed by atoms with Crippen LogP contribution in [0.1, 0.15) is 0 Å². The number of hydrogen-bond donors (Lipinski definition) is 2. The fourth-order valence-corrected chi connectivity index (χ4v) is 4.12. The molecule has 0 atom stereocenters. The number of nitrogens with zero attached hydrogens (tertiary/aromatic N) is 1. The topological polar surface area (TPSA) is 110 Å². The molecule has 0 bridgehead atoms. The fraction of sp³-hybridized carbons (Fsp3) is 0. The second-order valence-corrected chi connectivity index (χ2v) is 7.31. The zero-order valence-electron chi connectivity index (χ0n) is 9.91.